The van der Waals surface area contributed by atoms with Gasteiger partial charge in [0.2, 0.25) is 0 Å². The average Bonchev–Trinajstić information content (AvgIpc) is 2.38. The number of nitrogens with zero attached hydrogens (tertiary/aromatic N) is 3. The maximum absolute atomic E-state index is 5.93. The summed E-state index contributed by atoms with van der Waals surface area (Å²) < 4.78 is 0. The molecule has 0 amide bonds. The Morgan fingerprint density at radius 2 is 1.94 bits per heavy atom. The first kappa shape index (κ1) is 12.6. The third kappa shape index (κ3) is 3.09. The molecule has 0 aliphatic heterocycles. The van der Waals surface area contributed by atoms with Crippen molar-refractivity contribution >= 4 is 17.4 Å². The molecule has 0 saturated heterocycles. The van der Waals surface area contributed by atoms with Crippen LogP contribution < -0.4 is 4.90 Å². The van der Waals surface area contributed by atoms with Crippen molar-refractivity contribution in [1.82, 2.24) is 9.97 Å². The van der Waals surface area contributed by atoms with Crippen LogP contribution in [-0.2, 0) is 0 Å². The van der Waals surface area contributed by atoms with E-state index in [-0.39, 0.29) is 0 Å². The summed E-state index contributed by atoms with van der Waals surface area (Å²) in [6, 6.07) is 0.595. The van der Waals surface area contributed by atoms with Gasteiger partial charge >= 0.3 is 0 Å². The number of aromatic nitrogens is 2. The van der Waals surface area contributed by atoms with E-state index >= 15 is 0 Å². The summed E-state index contributed by atoms with van der Waals surface area (Å²) in [5.74, 6) is 1.66. The van der Waals surface area contributed by atoms with Crippen LogP contribution in [0.15, 0.2) is 12.4 Å². The number of rotatable bonds is 4. The highest BCUT2D eigenvalue weighted by atomic mass is 35.5. The molecule has 1 fully saturated rings. The van der Waals surface area contributed by atoms with E-state index in [9.17, 15) is 0 Å². The van der Waals surface area contributed by atoms with Gasteiger partial charge in [-0.2, -0.15) is 0 Å². The van der Waals surface area contributed by atoms with Crippen molar-refractivity contribution in [3.8, 4) is 0 Å². The first-order valence-electron chi connectivity index (χ1n) is 6.43. The molecule has 0 aromatic carbocycles. The molecule has 0 bridgehead atoms. The monoisotopic (exact) mass is 253 g/mol. The number of anilines is 1. The van der Waals surface area contributed by atoms with E-state index in [4.69, 9.17) is 11.6 Å². The first-order chi connectivity index (χ1) is 8.33. The minimum absolute atomic E-state index is 0.595. The lowest BCUT2D eigenvalue weighted by Crippen LogP contribution is -2.39. The second kappa shape index (κ2) is 6.20. The highest BCUT2D eigenvalue weighted by Gasteiger charge is 2.23. The molecule has 0 unspecified atom stereocenters. The van der Waals surface area contributed by atoms with Crippen molar-refractivity contribution < 1.29 is 0 Å². The second-order valence-electron chi connectivity index (χ2n) is 4.64. The van der Waals surface area contributed by atoms with Crippen molar-refractivity contribution in [2.45, 2.75) is 45.1 Å². The van der Waals surface area contributed by atoms with Gasteiger partial charge in [0.05, 0.1) is 5.69 Å². The van der Waals surface area contributed by atoms with Gasteiger partial charge in [-0.3, -0.25) is 4.98 Å². The molecule has 1 heterocycles. The lowest BCUT2D eigenvalue weighted by molar-refractivity contribution is 0.416. The molecular formula is C13H20ClN3. The number of halogens is 1. The predicted octanol–water partition coefficient (Wildman–Crippen LogP) is 3.16. The minimum atomic E-state index is 0.595. The number of aryl methyl sites for hydroxylation is 1. The Morgan fingerprint density at radius 3 is 2.59 bits per heavy atom. The van der Waals surface area contributed by atoms with Gasteiger partial charge in [-0.1, -0.05) is 19.3 Å². The van der Waals surface area contributed by atoms with Crippen molar-refractivity contribution in [2.75, 3.05) is 17.3 Å². The summed E-state index contributed by atoms with van der Waals surface area (Å²) in [5, 5.41) is 0. The maximum Gasteiger partial charge on any atom is 0.150 e. The van der Waals surface area contributed by atoms with Crippen LogP contribution in [0.3, 0.4) is 0 Å². The molecule has 1 aliphatic rings. The van der Waals surface area contributed by atoms with Crippen LogP contribution in [-0.4, -0.2) is 28.4 Å². The lowest BCUT2D eigenvalue weighted by Gasteiger charge is -2.35. The maximum atomic E-state index is 5.93. The lowest BCUT2D eigenvalue weighted by atomic mass is 9.94. The molecule has 0 N–H and O–H groups in total. The Balaban J connectivity index is 2.18. The second-order valence-corrected chi connectivity index (χ2v) is 5.02. The van der Waals surface area contributed by atoms with Gasteiger partial charge in [-0.15, -0.1) is 11.6 Å². The fourth-order valence-electron chi connectivity index (χ4n) is 2.63. The predicted molar refractivity (Wildman–Crippen MR) is 71.7 cm³/mol. The van der Waals surface area contributed by atoms with Crippen molar-refractivity contribution in [3.05, 3.63) is 18.1 Å². The molecule has 4 heteroatoms. The Hall–Kier alpha value is -0.830. The van der Waals surface area contributed by atoms with Gasteiger partial charge < -0.3 is 4.90 Å². The fourth-order valence-corrected chi connectivity index (χ4v) is 2.81. The quantitative estimate of drug-likeness (QED) is 0.772. The van der Waals surface area contributed by atoms with Crippen molar-refractivity contribution in [3.63, 3.8) is 0 Å². The summed E-state index contributed by atoms with van der Waals surface area (Å²) in [5.41, 5.74) is 1.00. The smallest absolute Gasteiger partial charge is 0.150 e. The van der Waals surface area contributed by atoms with E-state index in [0.29, 0.717) is 11.9 Å². The van der Waals surface area contributed by atoms with Gasteiger partial charge in [-0.25, -0.2) is 4.98 Å². The minimum Gasteiger partial charge on any atom is -0.351 e. The third-order valence-electron chi connectivity index (χ3n) is 3.47. The number of hydrogen-bond donors (Lipinski definition) is 0. The Kier molecular flexibility index (Phi) is 4.60. The molecular weight excluding hydrogens is 234 g/mol. The molecule has 1 saturated carbocycles. The molecule has 0 radical (unpaired) electrons. The Bertz CT molecular complexity index is 350. The van der Waals surface area contributed by atoms with Crippen LogP contribution in [0.25, 0.3) is 0 Å². The van der Waals surface area contributed by atoms with E-state index in [2.05, 4.69) is 14.9 Å². The van der Waals surface area contributed by atoms with E-state index in [0.717, 1.165) is 18.1 Å². The summed E-state index contributed by atoms with van der Waals surface area (Å²) in [6.45, 7) is 2.89. The summed E-state index contributed by atoms with van der Waals surface area (Å²) in [7, 11) is 0. The van der Waals surface area contributed by atoms with Crippen LogP contribution in [0.1, 0.15) is 37.8 Å². The topological polar surface area (TPSA) is 29.0 Å². The van der Waals surface area contributed by atoms with E-state index in [1.54, 1.807) is 12.4 Å². The Labute approximate surface area is 108 Å². The molecule has 3 nitrogen and oxygen atoms in total. The van der Waals surface area contributed by atoms with Crippen LogP contribution in [0.2, 0.25) is 0 Å². The van der Waals surface area contributed by atoms with Gasteiger partial charge in [0, 0.05) is 30.9 Å². The number of hydrogen-bond acceptors (Lipinski definition) is 3. The van der Waals surface area contributed by atoms with E-state index in [1.807, 2.05) is 6.92 Å². The van der Waals surface area contributed by atoms with E-state index < -0.39 is 0 Å². The fraction of sp³-hybridized carbons (Fsp3) is 0.692. The van der Waals surface area contributed by atoms with Gasteiger partial charge in [-0.05, 0) is 19.8 Å². The van der Waals surface area contributed by atoms with E-state index in [1.165, 1.54) is 32.1 Å². The molecule has 0 spiro atoms. The van der Waals surface area contributed by atoms with Crippen LogP contribution in [0.5, 0.6) is 0 Å². The zero-order valence-electron chi connectivity index (χ0n) is 10.4. The normalized spacial score (nSPS) is 17.1. The van der Waals surface area contributed by atoms with Crippen LogP contribution in [0, 0.1) is 6.92 Å². The van der Waals surface area contributed by atoms with Gasteiger partial charge in [0.25, 0.3) is 0 Å². The average molecular weight is 254 g/mol. The molecule has 94 valence electrons. The Morgan fingerprint density at radius 1 is 1.24 bits per heavy atom. The van der Waals surface area contributed by atoms with Crippen LogP contribution in [0.4, 0.5) is 5.82 Å². The van der Waals surface area contributed by atoms with Gasteiger partial charge in [0.15, 0.2) is 0 Å². The van der Waals surface area contributed by atoms with Crippen molar-refractivity contribution in [1.29, 1.82) is 0 Å². The number of alkyl halides is 1. The third-order valence-corrected chi connectivity index (χ3v) is 3.64. The molecule has 1 aromatic heterocycles. The standard InChI is InChI=1S/C13H20ClN3/c1-11-13(16-9-8-15-11)17(10-7-14)12-5-3-2-4-6-12/h8-9,12H,2-7,10H2,1H3. The molecule has 1 aliphatic carbocycles. The summed E-state index contributed by atoms with van der Waals surface area (Å²) in [6.07, 6.45) is 10.0. The van der Waals surface area contributed by atoms with Crippen LogP contribution >= 0.6 is 11.6 Å². The highest BCUT2D eigenvalue weighted by molar-refractivity contribution is 6.18. The summed E-state index contributed by atoms with van der Waals surface area (Å²) in [4.78, 5) is 11.2. The molecule has 17 heavy (non-hydrogen) atoms. The van der Waals surface area contributed by atoms with Gasteiger partial charge in [0.1, 0.15) is 5.82 Å². The summed E-state index contributed by atoms with van der Waals surface area (Å²) >= 11 is 5.93. The molecule has 1 aromatic rings. The highest BCUT2D eigenvalue weighted by Crippen LogP contribution is 2.27. The molecule has 0 atom stereocenters. The first-order valence-corrected chi connectivity index (χ1v) is 6.96. The SMILES string of the molecule is Cc1nccnc1N(CCCl)C1CCCCC1. The zero-order valence-corrected chi connectivity index (χ0v) is 11.2. The zero-order chi connectivity index (χ0) is 12.1. The largest absolute Gasteiger partial charge is 0.351 e. The van der Waals surface area contributed by atoms with Crippen molar-refractivity contribution in [2.24, 2.45) is 0 Å². The molecule has 2 rings (SSSR count).